The molecule has 0 saturated heterocycles. The van der Waals surface area contributed by atoms with Crippen molar-refractivity contribution < 1.29 is 14.6 Å². The fraction of sp³-hybridized carbons (Fsp3) is 0.222. The molecule has 0 spiro atoms. The lowest BCUT2D eigenvalue weighted by atomic mass is 10.1. The number of phenols is 1. The first-order chi connectivity index (χ1) is 6.49. The number of methoxy groups -OCH3 is 1. The van der Waals surface area contributed by atoms with Crippen LogP contribution in [0.1, 0.15) is 15.9 Å². The highest BCUT2D eigenvalue weighted by atomic mass is 79.9. The van der Waals surface area contributed by atoms with Gasteiger partial charge in [0.25, 0.3) is 0 Å². The van der Waals surface area contributed by atoms with Gasteiger partial charge < -0.3 is 9.84 Å². The van der Waals surface area contributed by atoms with Crippen molar-refractivity contribution in [2.75, 3.05) is 7.11 Å². The van der Waals surface area contributed by atoms with Gasteiger partial charge in [0, 0.05) is 4.47 Å². The van der Waals surface area contributed by atoms with Crippen LogP contribution in [0.2, 0.25) is 5.02 Å². The maximum absolute atomic E-state index is 11.2. The average molecular weight is 280 g/mol. The summed E-state index contributed by atoms with van der Waals surface area (Å²) in [4.78, 5) is 11.2. The lowest BCUT2D eigenvalue weighted by Crippen LogP contribution is -2.02. The van der Waals surface area contributed by atoms with Crippen molar-refractivity contribution in [1.82, 2.24) is 0 Å². The van der Waals surface area contributed by atoms with Crippen molar-refractivity contribution >= 4 is 33.5 Å². The zero-order valence-corrected chi connectivity index (χ0v) is 9.94. The van der Waals surface area contributed by atoms with Crippen molar-refractivity contribution in [3.05, 3.63) is 26.7 Å². The summed E-state index contributed by atoms with van der Waals surface area (Å²) in [7, 11) is 1.24. The first-order valence-electron chi connectivity index (χ1n) is 3.75. The van der Waals surface area contributed by atoms with Crippen molar-refractivity contribution in [3.63, 3.8) is 0 Å². The third kappa shape index (κ3) is 1.86. The van der Waals surface area contributed by atoms with Gasteiger partial charge in [-0.3, -0.25) is 0 Å². The molecule has 1 rings (SSSR count). The number of hydrogen-bond acceptors (Lipinski definition) is 3. The first kappa shape index (κ1) is 11.3. The molecule has 14 heavy (non-hydrogen) atoms. The molecule has 0 heterocycles. The number of phenolic OH excluding ortho intramolecular Hbond substituents is 1. The number of ether oxygens (including phenoxy) is 1. The molecule has 0 fully saturated rings. The molecular formula is C9H8BrClO3. The number of carbonyl (C=O) groups is 1. The Balaban J connectivity index is 3.40. The van der Waals surface area contributed by atoms with E-state index in [1.54, 1.807) is 6.92 Å². The van der Waals surface area contributed by atoms with Crippen LogP contribution in [0.15, 0.2) is 10.5 Å². The SMILES string of the molecule is COC(=O)c1cc(Br)c(C)c(Cl)c1O. The minimum atomic E-state index is -0.620. The highest BCUT2D eigenvalue weighted by Gasteiger charge is 2.17. The Morgan fingerprint density at radius 3 is 2.71 bits per heavy atom. The molecule has 0 aliphatic carbocycles. The van der Waals surface area contributed by atoms with Crippen LogP contribution in [0.4, 0.5) is 0 Å². The second-order valence-electron chi connectivity index (χ2n) is 2.69. The Hall–Kier alpha value is -0.740. The summed E-state index contributed by atoms with van der Waals surface area (Å²) in [5.74, 6) is -0.871. The van der Waals surface area contributed by atoms with Gasteiger partial charge in [-0.2, -0.15) is 0 Å². The highest BCUT2D eigenvalue weighted by Crippen LogP contribution is 2.35. The molecule has 1 aromatic rings. The van der Waals surface area contributed by atoms with E-state index in [0.717, 1.165) is 0 Å². The van der Waals surface area contributed by atoms with E-state index in [0.29, 0.717) is 10.0 Å². The van der Waals surface area contributed by atoms with Crippen molar-refractivity contribution in [2.45, 2.75) is 6.92 Å². The molecule has 1 aromatic carbocycles. The summed E-state index contributed by atoms with van der Waals surface area (Å²) in [6.45, 7) is 1.73. The van der Waals surface area contributed by atoms with Gasteiger partial charge >= 0.3 is 5.97 Å². The predicted octanol–water partition coefficient (Wildman–Crippen LogP) is 2.90. The Bertz CT molecular complexity index is 390. The van der Waals surface area contributed by atoms with E-state index in [1.807, 2.05) is 0 Å². The Morgan fingerprint density at radius 2 is 2.21 bits per heavy atom. The number of hydrogen-bond donors (Lipinski definition) is 1. The zero-order valence-electron chi connectivity index (χ0n) is 7.60. The third-order valence-electron chi connectivity index (χ3n) is 1.83. The molecule has 0 amide bonds. The molecule has 0 aliphatic rings. The van der Waals surface area contributed by atoms with E-state index in [-0.39, 0.29) is 16.3 Å². The predicted molar refractivity (Wildman–Crippen MR) is 56.9 cm³/mol. The molecule has 0 atom stereocenters. The van der Waals surface area contributed by atoms with E-state index >= 15 is 0 Å². The third-order valence-corrected chi connectivity index (χ3v) is 3.11. The van der Waals surface area contributed by atoms with Crippen molar-refractivity contribution in [3.8, 4) is 5.75 Å². The quantitative estimate of drug-likeness (QED) is 0.804. The number of halogens is 2. The number of benzene rings is 1. The first-order valence-corrected chi connectivity index (χ1v) is 4.92. The molecule has 0 bridgehead atoms. The summed E-state index contributed by atoms with van der Waals surface area (Å²) >= 11 is 9.03. The molecule has 5 heteroatoms. The van der Waals surface area contributed by atoms with Gasteiger partial charge in [-0.15, -0.1) is 0 Å². The van der Waals surface area contributed by atoms with Gasteiger partial charge in [0.2, 0.25) is 0 Å². The fourth-order valence-electron chi connectivity index (χ4n) is 0.970. The van der Waals surface area contributed by atoms with E-state index in [9.17, 15) is 9.90 Å². The van der Waals surface area contributed by atoms with Gasteiger partial charge in [0.15, 0.2) is 0 Å². The van der Waals surface area contributed by atoms with Gasteiger partial charge in [-0.25, -0.2) is 4.79 Å². The molecule has 0 aromatic heterocycles. The molecular weight excluding hydrogens is 271 g/mol. The molecule has 3 nitrogen and oxygen atoms in total. The second-order valence-corrected chi connectivity index (χ2v) is 3.92. The number of esters is 1. The summed E-state index contributed by atoms with van der Waals surface area (Å²) in [5.41, 5.74) is 0.729. The minimum absolute atomic E-state index is 0.0509. The van der Waals surface area contributed by atoms with Gasteiger partial charge in [0.1, 0.15) is 11.3 Å². The molecule has 0 radical (unpaired) electrons. The topological polar surface area (TPSA) is 46.5 Å². The summed E-state index contributed by atoms with van der Waals surface area (Å²) in [6, 6.07) is 1.47. The normalized spacial score (nSPS) is 10.0. The lowest BCUT2D eigenvalue weighted by molar-refractivity contribution is 0.0597. The number of rotatable bonds is 1. The molecule has 76 valence electrons. The number of aromatic hydroxyl groups is 1. The monoisotopic (exact) mass is 278 g/mol. The second kappa shape index (κ2) is 4.19. The van der Waals surface area contributed by atoms with E-state index in [4.69, 9.17) is 11.6 Å². The minimum Gasteiger partial charge on any atom is -0.505 e. The van der Waals surface area contributed by atoms with Crippen LogP contribution in [-0.4, -0.2) is 18.2 Å². The van der Waals surface area contributed by atoms with Gasteiger partial charge in [0.05, 0.1) is 12.1 Å². The van der Waals surface area contributed by atoms with Crippen molar-refractivity contribution in [2.24, 2.45) is 0 Å². The fourth-order valence-corrected chi connectivity index (χ4v) is 1.71. The molecule has 0 saturated carbocycles. The van der Waals surface area contributed by atoms with Gasteiger partial charge in [-0.1, -0.05) is 27.5 Å². The van der Waals surface area contributed by atoms with Crippen LogP contribution in [0.25, 0.3) is 0 Å². The largest absolute Gasteiger partial charge is 0.505 e. The standard InChI is InChI=1S/C9H8BrClO3/c1-4-6(10)3-5(9(13)14-2)8(12)7(4)11/h3,12H,1-2H3. The van der Waals surface area contributed by atoms with Crippen LogP contribution in [0.5, 0.6) is 5.75 Å². The highest BCUT2D eigenvalue weighted by molar-refractivity contribution is 9.10. The lowest BCUT2D eigenvalue weighted by Gasteiger charge is -2.08. The summed E-state index contributed by atoms with van der Waals surface area (Å²) in [5, 5.41) is 9.70. The summed E-state index contributed by atoms with van der Waals surface area (Å²) in [6.07, 6.45) is 0. The smallest absolute Gasteiger partial charge is 0.341 e. The maximum atomic E-state index is 11.2. The van der Waals surface area contributed by atoms with Crippen LogP contribution >= 0.6 is 27.5 Å². The van der Waals surface area contributed by atoms with Crippen LogP contribution in [0, 0.1) is 6.92 Å². The Kier molecular flexibility index (Phi) is 3.39. The Morgan fingerprint density at radius 1 is 1.64 bits per heavy atom. The van der Waals surface area contributed by atoms with E-state index in [2.05, 4.69) is 20.7 Å². The molecule has 1 N–H and O–H groups in total. The zero-order chi connectivity index (χ0) is 10.9. The van der Waals surface area contributed by atoms with Crippen LogP contribution in [-0.2, 0) is 4.74 Å². The van der Waals surface area contributed by atoms with E-state index < -0.39 is 5.97 Å². The molecule has 0 aliphatic heterocycles. The number of carbonyl (C=O) groups excluding carboxylic acids is 1. The van der Waals surface area contributed by atoms with Crippen molar-refractivity contribution in [1.29, 1.82) is 0 Å². The summed E-state index contributed by atoms with van der Waals surface area (Å²) < 4.78 is 5.14. The molecule has 0 unspecified atom stereocenters. The average Bonchev–Trinajstić information content (AvgIpc) is 2.19. The van der Waals surface area contributed by atoms with Gasteiger partial charge in [-0.05, 0) is 18.6 Å². The van der Waals surface area contributed by atoms with Crippen LogP contribution < -0.4 is 0 Å². The Labute approximate surface area is 94.8 Å². The van der Waals surface area contributed by atoms with E-state index in [1.165, 1.54) is 13.2 Å². The van der Waals surface area contributed by atoms with Crippen LogP contribution in [0.3, 0.4) is 0 Å². The maximum Gasteiger partial charge on any atom is 0.341 e.